The summed E-state index contributed by atoms with van der Waals surface area (Å²) in [7, 11) is 0. The first-order chi connectivity index (χ1) is 10.2. The van der Waals surface area contributed by atoms with Crippen LogP contribution in [-0.4, -0.2) is 47.2 Å². The Balaban J connectivity index is 2.79. The van der Waals surface area contributed by atoms with Crippen molar-refractivity contribution in [3.05, 3.63) is 36.2 Å². The second-order valence-corrected chi connectivity index (χ2v) is 6.50. The van der Waals surface area contributed by atoms with Crippen LogP contribution in [0.1, 0.15) is 34.6 Å². The Bertz CT molecular complexity index is 475. The van der Waals surface area contributed by atoms with E-state index in [9.17, 15) is 4.79 Å². The monoisotopic (exact) mass is 307 g/mol. The molecule has 0 aromatic rings. The standard InChI is InChI=1S/C17H29N3O2/c1-7-9-15(14(18)8-2)19-10-11-20(13(3)12-19)16(21)22-17(4,5)6/h7-9,13H,1,10-12,18H2,2-6H3/b14-8+,15-9+/t13-/m0/s1. The molecule has 0 aromatic heterocycles. The number of hydrogen-bond donors (Lipinski definition) is 1. The maximum atomic E-state index is 12.2. The molecule has 0 unspecified atom stereocenters. The summed E-state index contributed by atoms with van der Waals surface area (Å²) in [5.41, 5.74) is 7.25. The highest BCUT2D eigenvalue weighted by Crippen LogP contribution is 2.20. The largest absolute Gasteiger partial charge is 0.444 e. The van der Waals surface area contributed by atoms with Gasteiger partial charge in [0.1, 0.15) is 5.60 Å². The quantitative estimate of drug-likeness (QED) is 0.815. The Hall–Kier alpha value is -1.91. The van der Waals surface area contributed by atoms with E-state index in [0.717, 1.165) is 17.9 Å². The molecule has 1 atom stereocenters. The lowest BCUT2D eigenvalue weighted by molar-refractivity contribution is 0.00520. The second kappa shape index (κ2) is 7.38. The summed E-state index contributed by atoms with van der Waals surface area (Å²) in [5, 5.41) is 0. The van der Waals surface area contributed by atoms with E-state index in [1.807, 2.05) is 46.8 Å². The van der Waals surface area contributed by atoms with Gasteiger partial charge in [0, 0.05) is 25.7 Å². The average molecular weight is 307 g/mol. The van der Waals surface area contributed by atoms with E-state index in [2.05, 4.69) is 11.5 Å². The first kappa shape index (κ1) is 18.1. The lowest BCUT2D eigenvalue weighted by Crippen LogP contribution is -2.54. The SMILES string of the molecule is C=C/C=C(\C(N)=C/C)N1CCN(C(=O)OC(C)(C)C)[C@@H](C)C1. The van der Waals surface area contributed by atoms with Gasteiger partial charge in [-0.15, -0.1) is 0 Å². The minimum Gasteiger partial charge on any atom is -0.444 e. The third kappa shape index (κ3) is 4.83. The maximum Gasteiger partial charge on any atom is 0.410 e. The number of nitrogens with zero attached hydrogens (tertiary/aromatic N) is 2. The van der Waals surface area contributed by atoms with Crippen molar-refractivity contribution in [2.75, 3.05) is 19.6 Å². The normalized spacial score (nSPS) is 20.9. The molecule has 1 aliphatic heterocycles. The second-order valence-electron chi connectivity index (χ2n) is 6.50. The molecule has 1 rings (SSSR count). The maximum absolute atomic E-state index is 12.2. The van der Waals surface area contributed by atoms with E-state index >= 15 is 0 Å². The van der Waals surface area contributed by atoms with Gasteiger partial charge in [-0.2, -0.15) is 0 Å². The van der Waals surface area contributed by atoms with Crippen LogP contribution in [0.4, 0.5) is 4.79 Å². The summed E-state index contributed by atoms with van der Waals surface area (Å²) in [6.45, 7) is 15.4. The number of nitrogens with two attached hydrogens (primary N) is 1. The van der Waals surface area contributed by atoms with Crippen molar-refractivity contribution in [2.24, 2.45) is 5.73 Å². The highest BCUT2D eigenvalue weighted by atomic mass is 16.6. The molecule has 1 fully saturated rings. The Morgan fingerprint density at radius 3 is 2.45 bits per heavy atom. The van der Waals surface area contributed by atoms with Crippen LogP contribution in [0.25, 0.3) is 0 Å². The van der Waals surface area contributed by atoms with E-state index < -0.39 is 5.60 Å². The first-order valence-corrected chi connectivity index (χ1v) is 7.69. The van der Waals surface area contributed by atoms with Gasteiger partial charge in [0.2, 0.25) is 0 Å². The van der Waals surface area contributed by atoms with Crippen LogP contribution < -0.4 is 5.73 Å². The van der Waals surface area contributed by atoms with Crippen molar-refractivity contribution >= 4 is 6.09 Å². The van der Waals surface area contributed by atoms with Crippen LogP contribution in [0.2, 0.25) is 0 Å². The van der Waals surface area contributed by atoms with Gasteiger partial charge < -0.3 is 20.3 Å². The molecule has 5 heteroatoms. The van der Waals surface area contributed by atoms with Gasteiger partial charge in [-0.1, -0.05) is 18.7 Å². The van der Waals surface area contributed by atoms with Gasteiger partial charge in [0.25, 0.3) is 0 Å². The van der Waals surface area contributed by atoms with Crippen molar-refractivity contribution in [3.8, 4) is 0 Å². The molecule has 0 saturated carbocycles. The van der Waals surface area contributed by atoms with Crippen molar-refractivity contribution < 1.29 is 9.53 Å². The predicted molar refractivity (Wildman–Crippen MR) is 90.2 cm³/mol. The smallest absolute Gasteiger partial charge is 0.410 e. The van der Waals surface area contributed by atoms with E-state index in [1.54, 1.807) is 11.0 Å². The number of carbonyl (C=O) groups excluding carboxylic acids is 1. The van der Waals surface area contributed by atoms with Crippen LogP contribution >= 0.6 is 0 Å². The first-order valence-electron chi connectivity index (χ1n) is 7.69. The van der Waals surface area contributed by atoms with Crippen LogP contribution in [-0.2, 0) is 4.74 Å². The molecule has 0 aromatic carbocycles. The van der Waals surface area contributed by atoms with Crippen molar-refractivity contribution in [3.63, 3.8) is 0 Å². The van der Waals surface area contributed by atoms with Crippen LogP contribution in [0, 0.1) is 0 Å². The lowest BCUT2D eigenvalue weighted by atomic mass is 10.1. The van der Waals surface area contributed by atoms with Gasteiger partial charge in [-0.3, -0.25) is 0 Å². The van der Waals surface area contributed by atoms with E-state index in [1.165, 1.54) is 0 Å². The summed E-state index contributed by atoms with van der Waals surface area (Å²) in [6, 6.07) is 0.0569. The third-order valence-electron chi connectivity index (χ3n) is 3.48. The zero-order valence-corrected chi connectivity index (χ0v) is 14.4. The molecule has 1 heterocycles. The number of amides is 1. The molecule has 0 aliphatic carbocycles. The molecule has 2 N–H and O–H groups in total. The van der Waals surface area contributed by atoms with Crippen molar-refractivity contribution in [2.45, 2.75) is 46.3 Å². The summed E-state index contributed by atoms with van der Waals surface area (Å²) in [6.07, 6.45) is 5.26. The molecule has 0 bridgehead atoms. The lowest BCUT2D eigenvalue weighted by Gasteiger charge is -2.42. The molecular weight excluding hydrogens is 278 g/mol. The highest BCUT2D eigenvalue weighted by molar-refractivity contribution is 5.68. The van der Waals surface area contributed by atoms with Gasteiger partial charge in [0.05, 0.1) is 11.4 Å². The van der Waals surface area contributed by atoms with Crippen molar-refractivity contribution in [1.82, 2.24) is 9.80 Å². The van der Waals surface area contributed by atoms with E-state index in [4.69, 9.17) is 10.5 Å². The Morgan fingerprint density at radius 2 is 2.00 bits per heavy atom. The summed E-state index contributed by atoms with van der Waals surface area (Å²) >= 11 is 0. The zero-order valence-electron chi connectivity index (χ0n) is 14.4. The molecule has 1 aliphatic rings. The molecule has 5 nitrogen and oxygen atoms in total. The minimum absolute atomic E-state index is 0.0569. The molecular formula is C17H29N3O2. The molecule has 22 heavy (non-hydrogen) atoms. The molecule has 0 spiro atoms. The zero-order chi connectivity index (χ0) is 16.9. The van der Waals surface area contributed by atoms with Crippen LogP contribution in [0.15, 0.2) is 36.2 Å². The molecule has 124 valence electrons. The van der Waals surface area contributed by atoms with Crippen molar-refractivity contribution in [1.29, 1.82) is 0 Å². The number of allylic oxidation sites excluding steroid dienone is 3. The number of ether oxygens (including phenoxy) is 1. The fraction of sp³-hybridized carbons (Fsp3) is 0.588. The number of carbonyl (C=O) groups is 1. The fourth-order valence-electron chi connectivity index (χ4n) is 2.41. The van der Waals surface area contributed by atoms with E-state index in [0.29, 0.717) is 13.1 Å². The third-order valence-corrected chi connectivity index (χ3v) is 3.48. The average Bonchev–Trinajstić information content (AvgIpc) is 2.41. The molecule has 1 saturated heterocycles. The highest BCUT2D eigenvalue weighted by Gasteiger charge is 2.31. The van der Waals surface area contributed by atoms with Gasteiger partial charge in [-0.05, 0) is 40.7 Å². The Morgan fingerprint density at radius 1 is 1.36 bits per heavy atom. The molecule has 1 amide bonds. The molecule has 0 radical (unpaired) electrons. The van der Waals surface area contributed by atoms with Crippen LogP contribution in [0.3, 0.4) is 0 Å². The summed E-state index contributed by atoms with van der Waals surface area (Å²) in [5.74, 6) is 0. The van der Waals surface area contributed by atoms with Gasteiger partial charge >= 0.3 is 6.09 Å². The number of rotatable bonds is 3. The van der Waals surface area contributed by atoms with Gasteiger partial charge in [-0.25, -0.2) is 4.79 Å². The summed E-state index contributed by atoms with van der Waals surface area (Å²) in [4.78, 5) is 16.2. The van der Waals surface area contributed by atoms with E-state index in [-0.39, 0.29) is 12.1 Å². The fourth-order valence-corrected chi connectivity index (χ4v) is 2.41. The van der Waals surface area contributed by atoms with Gasteiger partial charge in [0.15, 0.2) is 0 Å². The summed E-state index contributed by atoms with van der Waals surface area (Å²) < 4.78 is 5.46. The minimum atomic E-state index is -0.475. The topological polar surface area (TPSA) is 58.8 Å². The predicted octanol–water partition coefficient (Wildman–Crippen LogP) is 2.86. The van der Waals surface area contributed by atoms with Crippen LogP contribution in [0.5, 0.6) is 0 Å². The Labute approximate surface area is 134 Å². The number of piperazine rings is 1. The Kier molecular flexibility index (Phi) is 6.09. The number of hydrogen-bond acceptors (Lipinski definition) is 4.